The zero-order chi connectivity index (χ0) is 16.5. The summed E-state index contributed by atoms with van der Waals surface area (Å²) in [5.41, 5.74) is 1.01. The number of nitrogens with zero attached hydrogens (tertiary/aromatic N) is 4. The minimum Gasteiger partial charge on any atom is -0.357 e. The molecule has 0 aliphatic heterocycles. The number of guanidine groups is 1. The molecule has 0 unspecified atom stereocenters. The fourth-order valence-electron chi connectivity index (χ4n) is 2.15. The highest BCUT2D eigenvalue weighted by atomic mass is 19.1. The molecule has 0 radical (unpaired) electrons. The zero-order valence-electron chi connectivity index (χ0n) is 13.6. The van der Waals surface area contributed by atoms with Crippen molar-refractivity contribution >= 4 is 5.96 Å². The van der Waals surface area contributed by atoms with Crippen LogP contribution in [0.5, 0.6) is 0 Å². The first-order chi connectivity index (χ1) is 11.2. The lowest BCUT2D eigenvalue weighted by molar-refractivity contribution is 0.624. The van der Waals surface area contributed by atoms with Gasteiger partial charge in [-0.25, -0.2) is 14.4 Å². The predicted molar refractivity (Wildman–Crippen MR) is 88.5 cm³/mol. The molecule has 23 heavy (non-hydrogen) atoms. The van der Waals surface area contributed by atoms with Gasteiger partial charge >= 0.3 is 0 Å². The molecule has 7 heteroatoms. The van der Waals surface area contributed by atoms with Gasteiger partial charge < -0.3 is 10.6 Å². The van der Waals surface area contributed by atoms with Gasteiger partial charge in [-0.1, -0.05) is 12.1 Å². The minimum atomic E-state index is -0.186. The summed E-state index contributed by atoms with van der Waals surface area (Å²) < 4.78 is 14.8. The Morgan fingerprint density at radius 3 is 2.91 bits per heavy atom. The first-order valence-electron chi connectivity index (χ1n) is 7.78. The number of nitrogens with one attached hydrogen (secondary N) is 2. The second kappa shape index (κ2) is 8.87. The highest BCUT2D eigenvalue weighted by Gasteiger charge is 2.01. The summed E-state index contributed by atoms with van der Waals surface area (Å²) >= 11 is 0. The van der Waals surface area contributed by atoms with Crippen LogP contribution in [0.2, 0.25) is 0 Å². The van der Waals surface area contributed by atoms with E-state index in [4.69, 9.17) is 0 Å². The van der Waals surface area contributed by atoms with Crippen molar-refractivity contribution in [3.05, 3.63) is 47.8 Å². The number of aromatic nitrogens is 3. The molecule has 2 rings (SSSR count). The van der Waals surface area contributed by atoms with Crippen LogP contribution in [0.25, 0.3) is 0 Å². The van der Waals surface area contributed by atoms with Gasteiger partial charge in [0.1, 0.15) is 24.5 Å². The Kier molecular flexibility index (Phi) is 6.53. The molecule has 0 saturated heterocycles. The molecule has 124 valence electrons. The van der Waals surface area contributed by atoms with E-state index in [0.717, 1.165) is 43.3 Å². The first-order valence-corrected chi connectivity index (χ1v) is 7.78. The van der Waals surface area contributed by atoms with E-state index in [1.807, 2.05) is 20.0 Å². The van der Waals surface area contributed by atoms with Gasteiger partial charge in [0, 0.05) is 20.1 Å². The maximum absolute atomic E-state index is 13.1. The fourth-order valence-corrected chi connectivity index (χ4v) is 2.15. The number of aliphatic imine (C=N–C) groups is 1. The molecule has 1 aromatic heterocycles. The summed E-state index contributed by atoms with van der Waals surface area (Å²) in [5, 5.41) is 10.5. The Balaban J connectivity index is 1.79. The summed E-state index contributed by atoms with van der Waals surface area (Å²) in [6, 6.07) is 6.72. The van der Waals surface area contributed by atoms with Gasteiger partial charge in [0.25, 0.3) is 0 Å². The Morgan fingerprint density at radius 2 is 2.22 bits per heavy atom. The molecular formula is C16H23FN6. The minimum absolute atomic E-state index is 0.186. The maximum Gasteiger partial charge on any atom is 0.191 e. The van der Waals surface area contributed by atoms with Gasteiger partial charge in [-0.2, -0.15) is 5.10 Å². The van der Waals surface area contributed by atoms with Crippen molar-refractivity contribution in [2.75, 3.05) is 13.1 Å². The summed E-state index contributed by atoms with van der Waals surface area (Å²) in [6.45, 7) is 4.04. The second-order valence-corrected chi connectivity index (χ2v) is 5.16. The Labute approximate surface area is 135 Å². The maximum atomic E-state index is 13.1. The molecule has 0 bridgehead atoms. The molecule has 0 amide bonds. The summed E-state index contributed by atoms with van der Waals surface area (Å²) in [4.78, 5) is 8.63. The van der Waals surface area contributed by atoms with Gasteiger partial charge in [0.2, 0.25) is 0 Å². The molecule has 0 atom stereocenters. The predicted octanol–water partition coefficient (Wildman–Crippen LogP) is 1.64. The van der Waals surface area contributed by atoms with Crippen LogP contribution >= 0.6 is 0 Å². The molecule has 0 aliphatic carbocycles. The van der Waals surface area contributed by atoms with Crippen molar-refractivity contribution in [2.45, 2.75) is 26.3 Å². The van der Waals surface area contributed by atoms with E-state index < -0.39 is 0 Å². The highest BCUT2D eigenvalue weighted by Crippen LogP contribution is 2.05. The lowest BCUT2D eigenvalue weighted by atomic mass is 10.1. The average molecular weight is 318 g/mol. The van der Waals surface area contributed by atoms with Gasteiger partial charge in [-0.15, -0.1) is 0 Å². The molecular weight excluding hydrogens is 295 g/mol. The van der Waals surface area contributed by atoms with E-state index in [1.165, 1.54) is 12.4 Å². The van der Waals surface area contributed by atoms with Crippen LogP contribution < -0.4 is 10.6 Å². The molecule has 0 aliphatic rings. The quantitative estimate of drug-likeness (QED) is 0.463. The summed E-state index contributed by atoms with van der Waals surface area (Å²) in [7, 11) is 1.84. The molecule has 0 spiro atoms. The van der Waals surface area contributed by atoms with Crippen molar-refractivity contribution in [1.82, 2.24) is 25.4 Å². The van der Waals surface area contributed by atoms with E-state index in [1.54, 1.807) is 16.8 Å². The molecule has 0 saturated carbocycles. The van der Waals surface area contributed by atoms with Crippen molar-refractivity contribution in [3.8, 4) is 0 Å². The smallest absolute Gasteiger partial charge is 0.191 e. The third-order valence-corrected chi connectivity index (χ3v) is 3.35. The SMILES string of the molecule is CCNC(=NCc1ncnn1C)NCCCc1cccc(F)c1. The summed E-state index contributed by atoms with van der Waals surface area (Å²) in [5.74, 6) is 1.37. The lowest BCUT2D eigenvalue weighted by Gasteiger charge is -2.11. The van der Waals surface area contributed by atoms with Gasteiger partial charge in [-0.05, 0) is 37.5 Å². The van der Waals surface area contributed by atoms with Gasteiger partial charge in [0.05, 0.1) is 0 Å². The van der Waals surface area contributed by atoms with Crippen LogP contribution in [-0.2, 0) is 20.0 Å². The number of hydrogen-bond acceptors (Lipinski definition) is 3. The van der Waals surface area contributed by atoms with Gasteiger partial charge in [0.15, 0.2) is 5.96 Å². The number of benzene rings is 1. The third kappa shape index (κ3) is 5.69. The van der Waals surface area contributed by atoms with Crippen molar-refractivity contribution in [1.29, 1.82) is 0 Å². The monoisotopic (exact) mass is 318 g/mol. The second-order valence-electron chi connectivity index (χ2n) is 5.16. The van der Waals surface area contributed by atoms with E-state index >= 15 is 0 Å². The molecule has 2 N–H and O–H groups in total. The van der Waals surface area contributed by atoms with Crippen LogP contribution in [0.3, 0.4) is 0 Å². The molecule has 0 fully saturated rings. The highest BCUT2D eigenvalue weighted by molar-refractivity contribution is 5.79. The van der Waals surface area contributed by atoms with Crippen molar-refractivity contribution in [2.24, 2.45) is 12.0 Å². The zero-order valence-corrected chi connectivity index (χ0v) is 13.6. The molecule has 1 aromatic carbocycles. The molecule has 6 nitrogen and oxygen atoms in total. The van der Waals surface area contributed by atoms with E-state index in [-0.39, 0.29) is 5.82 Å². The number of halogens is 1. The standard InChI is InChI=1S/C16H23FN6/c1-3-18-16(20-11-15-21-12-22-23(15)2)19-9-5-7-13-6-4-8-14(17)10-13/h4,6,8,10,12H,3,5,7,9,11H2,1-2H3,(H2,18,19,20). The largest absolute Gasteiger partial charge is 0.357 e. The first kappa shape index (κ1) is 16.9. The average Bonchev–Trinajstić information content (AvgIpc) is 2.94. The topological polar surface area (TPSA) is 67.1 Å². The van der Waals surface area contributed by atoms with Crippen LogP contribution in [0.15, 0.2) is 35.6 Å². The number of hydrogen-bond donors (Lipinski definition) is 2. The van der Waals surface area contributed by atoms with E-state index in [0.29, 0.717) is 6.54 Å². The summed E-state index contributed by atoms with van der Waals surface area (Å²) in [6.07, 6.45) is 3.25. The van der Waals surface area contributed by atoms with E-state index in [9.17, 15) is 4.39 Å². The number of aryl methyl sites for hydroxylation is 2. The van der Waals surface area contributed by atoms with Crippen LogP contribution in [-0.4, -0.2) is 33.8 Å². The third-order valence-electron chi connectivity index (χ3n) is 3.35. The van der Waals surface area contributed by atoms with E-state index in [2.05, 4.69) is 25.7 Å². The van der Waals surface area contributed by atoms with Crippen LogP contribution in [0, 0.1) is 5.82 Å². The Hall–Kier alpha value is -2.44. The molecule has 2 aromatic rings. The van der Waals surface area contributed by atoms with Crippen LogP contribution in [0.4, 0.5) is 4.39 Å². The number of rotatable bonds is 7. The Morgan fingerprint density at radius 1 is 1.35 bits per heavy atom. The fraction of sp³-hybridized carbons (Fsp3) is 0.438. The van der Waals surface area contributed by atoms with Crippen LogP contribution in [0.1, 0.15) is 24.7 Å². The Bertz CT molecular complexity index is 637. The van der Waals surface area contributed by atoms with Gasteiger partial charge in [-0.3, -0.25) is 4.68 Å². The molecule has 1 heterocycles. The lowest BCUT2D eigenvalue weighted by Crippen LogP contribution is -2.38. The van der Waals surface area contributed by atoms with Crippen molar-refractivity contribution < 1.29 is 4.39 Å². The normalized spacial score (nSPS) is 11.5. The van der Waals surface area contributed by atoms with Crippen molar-refractivity contribution in [3.63, 3.8) is 0 Å².